The molecule has 1 aliphatic rings. The van der Waals surface area contributed by atoms with Crippen molar-refractivity contribution in [1.29, 1.82) is 0 Å². The highest BCUT2D eigenvalue weighted by molar-refractivity contribution is 8.06. The van der Waals surface area contributed by atoms with Crippen LogP contribution in [0.4, 0.5) is 5.69 Å². The smallest absolute Gasteiger partial charge is 0.245 e. The number of aromatic nitrogens is 2. The fraction of sp³-hybridized carbons (Fsp3) is 0.429. The van der Waals surface area contributed by atoms with E-state index in [0.717, 1.165) is 17.3 Å². The monoisotopic (exact) mass is 341 g/mol. The lowest BCUT2D eigenvalue weighted by atomic mass is 10.3. The molecule has 1 aliphatic heterocycles. The zero-order chi connectivity index (χ0) is 14.7. The number of thioether (sulfide) groups is 2. The number of anilines is 1. The van der Waals surface area contributed by atoms with Gasteiger partial charge in [-0.3, -0.25) is 0 Å². The van der Waals surface area contributed by atoms with E-state index in [0.29, 0.717) is 28.0 Å². The maximum absolute atomic E-state index is 5.95. The number of hydrogen-bond donors (Lipinski definition) is 1. The Hall–Kier alpha value is -0.850. The Kier molecular flexibility index (Phi) is 4.98. The third-order valence-corrected chi connectivity index (χ3v) is 6.52. The van der Waals surface area contributed by atoms with Gasteiger partial charge in [0.25, 0.3) is 0 Å². The third kappa shape index (κ3) is 3.87. The predicted octanol–water partition coefficient (Wildman–Crippen LogP) is 4.24. The fourth-order valence-electron chi connectivity index (χ4n) is 2.15. The zero-order valence-electron chi connectivity index (χ0n) is 11.6. The highest BCUT2D eigenvalue weighted by Gasteiger charge is 2.28. The molecule has 0 spiro atoms. The van der Waals surface area contributed by atoms with Crippen molar-refractivity contribution in [2.24, 2.45) is 0 Å². The van der Waals surface area contributed by atoms with Crippen LogP contribution in [-0.2, 0) is 6.54 Å². The minimum Gasteiger partial charge on any atom is -0.376 e. The van der Waals surface area contributed by atoms with Gasteiger partial charge in [-0.25, -0.2) is 0 Å². The van der Waals surface area contributed by atoms with Crippen molar-refractivity contribution in [3.63, 3.8) is 0 Å². The van der Waals surface area contributed by atoms with Crippen molar-refractivity contribution in [1.82, 2.24) is 10.1 Å². The molecule has 2 unspecified atom stereocenters. The second-order valence-electron chi connectivity index (χ2n) is 4.78. The second kappa shape index (κ2) is 6.94. The Morgan fingerprint density at radius 1 is 1.38 bits per heavy atom. The Morgan fingerprint density at radius 3 is 3.05 bits per heavy atom. The van der Waals surface area contributed by atoms with E-state index in [1.165, 1.54) is 5.75 Å². The molecule has 2 atom stereocenters. The third-order valence-electron chi connectivity index (χ3n) is 3.19. The van der Waals surface area contributed by atoms with Crippen LogP contribution in [0.25, 0.3) is 0 Å². The molecule has 21 heavy (non-hydrogen) atoms. The highest BCUT2D eigenvalue weighted by atomic mass is 35.5. The first-order valence-electron chi connectivity index (χ1n) is 6.77. The van der Waals surface area contributed by atoms with Gasteiger partial charge in [0.2, 0.25) is 5.89 Å². The first-order valence-corrected chi connectivity index (χ1v) is 9.25. The summed E-state index contributed by atoms with van der Waals surface area (Å²) in [5, 5.41) is 8.92. The van der Waals surface area contributed by atoms with Crippen LogP contribution >= 0.6 is 35.1 Å². The lowest BCUT2D eigenvalue weighted by molar-refractivity contribution is 0.377. The van der Waals surface area contributed by atoms with Gasteiger partial charge in [0.05, 0.1) is 11.8 Å². The van der Waals surface area contributed by atoms with Gasteiger partial charge >= 0.3 is 0 Å². The summed E-state index contributed by atoms with van der Waals surface area (Å²) in [6, 6.07) is 7.58. The molecule has 0 saturated carbocycles. The number of nitrogens with zero attached hydrogens (tertiary/aromatic N) is 2. The van der Waals surface area contributed by atoms with Crippen LogP contribution in [0.1, 0.15) is 23.9 Å². The molecule has 0 bridgehead atoms. The fourth-order valence-corrected chi connectivity index (χ4v) is 5.02. The summed E-state index contributed by atoms with van der Waals surface area (Å²) >= 11 is 9.83. The minimum atomic E-state index is 0.326. The molecule has 112 valence electrons. The van der Waals surface area contributed by atoms with Crippen molar-refractivity contribution in [2.45, 2.75) is 24.0 Å². The number of hydrogen-bond acceptors (Lipinski definition) is 6. The topological polar surface area (TPSA) is 51.0 Å². The molecule has 2 aromatic rings. The zero-order valence-corrected chi connectivity index (χ0v) is 14.0. The first kappa shape index (κ1) is 15.1. The molecule has 1 saturated heterocycles. The van der Waals surface area contributed by atoms with E-state index in [1.54, 1.807) is 0 Å². The molecule has 1 aromatic heterocycles. The molecule has 1 N–H and O–H groups in total. The lowest BCUT2D eigenvalue weighted by Crippen LogP contribution is -2.17. The average molecular weight is 342 g/mol. The maximum Gasteiger partial charge on any atom is 0.245 e. The first-order chi connectivity index (χ1) is 10.2. The molecular formula is C14H16ClN3OS2. The van der Waals surface area contributed by atoms with Crippen LogP contribution in [0.3, 0.4) is 0 Å². The standard InChI is InChI=1S/C14H16ClN3OS2/c1-9-13(21-6-5-20-9)14-17-12(19-18-14)8-16-11-4-2-3-10(15)7-11/h2-4,7,9,13,16H,5-6,8H2,1H3. The summed E-state index contributed by atoms with van der Waals surface area (Å²) < 4.78 is 5.34. The number of nitrogens with one attached hydrogen (secondary N) is 1. The predicted molar refractivity (Wildman–Crippen MR) is 90.2 cm³/mol. The Balaban J connectivity index is 1.62. The van der Waals surface area contributed by atoms with Gasteiger partial charge in [-0.2, -0.15) is 16.7 Å². The van der Waals surface area contributed by atoms with E-state index in [1.807, 2.05) is 47.8 Å². The van der Waals surface area contributed by atoms with Gasteiger partial charge in [-0.1, -0.05) is 29.7 Å². The van der Waals surface area contributed by atoms with E-state index in [4.69, 9.17) is 16.1 Å². The summed E-state index contributed by atoms with van der Waals surface area (Å²) in [6.07, 6.45) is 0. The van der Waals surface area contributed by atoms with Crippen molar-refractivity contribution in [2.75, 3.05) is 16.8 Å². The van der Waals surface area contributed by atoms with E-state index in [9.17, 15) is 0 Å². The molecule has 3 rings (SSSR count). The second-order valence-corrected chi connectivity index (χ2v) is 7.95. The summed E-state index contributed by atoms with van der Waals surface area (Å²) in [5.41, 5.74) is 0.943. The largest absolute Gasteiger partial charge is 0.376 e. The Labute approximate surface area is 137 Å². The van der Waals surface area contributed by atoms with Crippen LogP contribution in [0.15, 0.2) is 28.8 Å². The summed E-state index contributed by atoms with van der Waals surface area (Å²) in [7, 11) is 0. The van der Waals surface area contributed by atoms with Crippen molar-refractivity contribution in [3.8, 4) is 0 Å². The number of halogens is 1. The molecule has 4 nitrogen and oxygen atoms in total. The Morgan fingerprint density at radius 2 is 2.24 bits per heavy atom. The number of rotatable bonds is 4. The van der Waals surface area contributed by atoms with Gasteiger partial charge in [-0.15, -0.1) is 11.8 Å². The van der Waals surface area contributed by atoms with Crippen LogP contribution in [0.5, 0.6) is 0 Å². The normalized spacial score (nSPS) is 22.2. The van der Waals surface area contributed by atoms with Crippen molar-refractivity contribution in [3.05, 3.63) is 41.0 Å². The molecule has 0 aliphatic carbocycles. The van der Waals surface area contributed by atoms with Crippen LogP contribution in [0, 0.1) is 0 Å². The van der Waals surface area contributed by atoms with Gasteiger partial charge < -0.3 is 9.84 Å². The van der Waals surface area contributed by atoms with Crippen LogP contribution in [0.2, 0.25) is 5.02 Å². The van der Waals surface area contributed by atoms with Crippen molar-refractivity contribution >= 4 is 40.8 Å². The highest BCUT2D eigenvalue weighted by Crippen LogP contribution is 2.41. The molecule has 1 fully saturated rings. The summed E-state index contributed by atoms with van der Waals surface area (Å²) in [6.45, 7) is 2.73. The van der Waals surface area contributed by atoms with Gasteiger partial charge in [-0.05, 0) is 18.2 Å². The van der Waals surface area contributed by atoms with Crippen LogP contribution in [-0.4, -0.2) is 26.9 Å². The molecule has 1 aromatic carbocycles. The van der Waals surface area contributed by atoms with E-state index >= 15 is 0 Å². The van der Waals surface area contributed by atoms with Crippen LogP contribution < -0.4 is 5.32 Å². The van der Waals surface area contributed by atoms with E-state index in [2.05, 4.69) is 22.4 Å². The van der Waals surface area contributed by atoms with Gasteiger partial charge in [0.15, 0.2) is 5.82 Å². The van der Waals surface area contributed by atoms with Gasteiger partial charge in [0, 0.05) is 27.5 Å². The number of benzene rings is 1. The van der Waals surface area contributed by atoms with Crippen molar-refractivity contribution < 1.29 is 4.52 Å². The SMILES string of the molecule is CC1SCCSC1c1noc(CNc2cccc(Cl)c2)n1. The summed E-state index contributed by atoms with van der Waals surface area (Å²) in [5.74, 6) is 3.75. The van der Waals surface area contributed by atoms with Gasteiger partial charge in [0.1, 0.15) is 0 Å². The minimum absolute atomic E-state index is 0.326. The maximum atomic E-state index is 5.95. The summed E-state index contributed by atoms with van der Waals surface area (Å²) in [4.78, 5) is 4.51. The lowest BCUT2D eigenvalue weighted by Gasteiger charge is -2.24. The Bertz CT molecular complexity index is 607. The van der Waals surface area contributed by atoms with E-state index in [-0.39, 0.29) is 0 Å². The molecule has 7 heteroatoms. The molecule has 0 radical (unpaired) electrons. The molecule has 2 heterocycles. The molecular weight excluding hydrogens is 326 g/mol. The quantitative estimate of drug-likeness (QED) is 0.897. The average Bonchev–Trinajstić information content (AvgIpc) is 2.94. The molecule has 0 amide bonds. The van der Waals surface area contributed by atoms with E-state index < -0.39 is 0 Å².